The third kappa shape index (κ3) is 5.46. The van der Waals surface area contributed by atoms with Crippen molar-refractivity contribution in [3.05, 3.63) is 23.8 Å². The Hall–Kier alpha value is -1.11. The lowest BCUT2D eigenvalue weighted by atomic mass is 9.90. The molecule has 0 radical (unpaired) electrons. The summed E-state index contributed by atoms with van der Waals surface area (Å²) in [6, 6.07) is 5.51. The van der Waals surface area contributed by atoms with Crippen LogP contribution in [0.4, 0.5) is 8.78 Å². The molecule has 2 N–H and O–H groups in total. The number of likely N-dealkylation sites (tertiary alicyclic amines) is 1. The molecule has 4 nitrogen and oxygen atoms in total. The van der Waals surface area contributed by atoms with Gasteiger partial charge in [0.15, 0.2) is 11.5 Å². The van der Waals surface area contributed by atoms with Gasteiger partial charge in [0.2, 0.25) is 0 Å². The monoisotopic (exact) mass is 364 g/mol. The Morgan fingerprint density at radius 2 is 2.08 bits per heavy atom. The van der Waals surface area contributed by atoms with Crippen molar-refractivity contribution in [2.24, 2.45) is 11.7 Å². The predicted molar refractivity (Wildman–Crippen MR) is 93.1 cm³/mol. The van der Waals surface area contributed by atoms with E-state index in [2.05, 4.69) is 16.6 Å². The molecule has 1 aromatic carbocycles. The van der Waals surface area contributed by atoms with Crippen molar-refractivity contribution in [1.82, 2.24) is 4.90 Å². The lowest BCUT2D eigenvalue weighted by Crippen LogP contribution is -2.47. The van der Waals surface area contributed by atoms with Crippen LogP contribution in [-0.2, 0) is 6.54 Å². The third-order valence-electron chi connectivity index (χ3n) is 4.38. The van der Waals surface area contributed by atoms with Crippen LogP contribution in [0.3, 0.4) is 0 Å². The number of hydrogen-bond donors (Lipinski definition) is 1. The van der Waals surface area contributed by atoms with Crippen molar-refractivity contribution in [2.75, 3.05) is 19.7 Å². The van der Waals surface area contributed by atoms with Crippen molar-refractivity contribution >= 4 is 12.4 Å². The van der Waals surface area contributed by atoms with Gasteiger partial charge in [-0.25, -0.2) is 0 Å². The lowest BCUT2D eigenvalue weighted by molar-refractivity contribution is -0.0514. The fraction of sp³-hybridized carbons (Fsp3) is 0.647. The first-order valence-electron chi connectivity index (χ1n) is 8.19. The minimum atomic E-state index is -2.86. The maximum Gasteiger partial charge on any atom is 0.387 e. The van der Waals surface area contributed by atoms with Gasteiger partial charge in [0, 0.05) is 19.1 Å². The van der Waals surface area contributed by atoms with Crippen LogP contribution < -0.4 is 15.2 Å². The number of piperidine rings is 1. The number of ether oxygens (including phenoxy) is 2. The molecule has 1 aliphatic heterocycles. The van der Waals surface area contributed by atoms with E-state index in [1.165, 1.54) is 6.42 Å². The topological polar surface area (TPSA) is 47.7 Å². The molecule has 0 aromatic heterocycles. The van der Waals surface area contributed by atoms with Crippen LogP contribution in [0.2, 0.25) is 0 Å². The molecular formula is C17H27ClF2N2O2. The summed E-state index contributed by atoms with van der Waals surface area (Å²) in [6.07, 6.45) is 2.35. The average molecular weight is 365 g/mol. The van der Waals surface area contributed by atoms with Crippen LogP contribution in [0.1, 0.15) is 32.3 Å². The van der Waals surface area contributed by atoms with E-state index in [9.17, 15) is 8.78 Å². The largest absolute Gasteiger partial charge is 0.490 e. The van der Waals surface area contributed by atoms with Crippen molar-refractivity contribution in [3.8, 4) is 11.5 Å². The Labute approximate surface area is 148 Å². The maximum atomic E-state index is 12.5. The smallest absolute Gasteiger partial charge is 0.387 e. The predicted octanol–water partition coefficient (Wildman–Crippen LogP) is 3.67. The molecule has 0 amide bonds. The Bertz CT molecular complexity index is 505. The Balaban J connectivity index is 0.00000288. The molecule has 0 saturated carbocycles. The molecule has 1 aromatic rings. The van der Waals surface area contributed by atoms with Crippen molar-refractivity contribution < 1.29 is 18.3 Å². The van der Waals surface area contributed by atoms with Crippen LogP contribution in [0, 0.1) is 5.92 Å². The average Bonchev–Trinajstić information content (AvgIpc) is 2.50. The minimum absolute atomic E-state index is 0. The first-order chi connectivity index (χ1) is 11.0. The van der Waals surface area contributed by atoms with Crippen molar-refractivity contribution in [2.45, 2.75) is 45.9 Å². The summed E-state index contributed by atoms with van der Waals surface area (Å²) in [5.41, 5.74) is 6.94. The number of hydrogen-bond acceptors (Lipinski definition) is 4. The highest BCUT2D eigenvalue weighted by molar-refractivity contribution is 5.85. The zero-order chi connectivity index (χ0) is 16.8. The minimum Gasteiger partial charge on any atom is -0.490 e. The van der Waals surface area contributed by atoms with Gasteiger partial charge in [0.05, 0.1) is 6.61 Å². The maximum absolute atomic E-state index is 12.5. The molecule has 0 spiro atoms. The van der Waals surface area contributed by atoms with E-state index in [1.54, 1.807) is 12.1 Å². The molecule has 24 heavy (non-hydrogen) atoms. The number of rotatable bonds is 7. The van der Waals surface area contributed by atoms with Crippen LogP contribution in [0.5, 0.6) is 11.5 Å². The summed E-state index contributed by atoms with van der Waals surface area (Å²) in [6.45, 7) is 3.96. The van der Waals surface area contributed by atoms with E-state index in [0.717, 1.165) is 25.1 Å². The number of halogens is 3. The van der Waals surface area contributed by atoms with E-state index in [1.807, 2.05) is 13.0 Å². The first-order valence-corrected chi connectivity index (χ1v) is 8.19. The van der Waals surface area contributed by atoms with E-state index in [0.29, 0.717) is 30.9 Å². The lowest BCUT2D eigenvalue weighted by Gasteiger charge is -2.39. The highest BCUT2D eigenvalue weighted by Crippen LogP contribution is 2.31. The van der Waals surface area contributed by atoms with Gasteiger partial charge >= 0.3 is 6.61 Å². The molecule has 1 saturated heterocycles. The Morgan fingerprint density at radius 1 is 1.33 bits per heavy atom. The number of alkyl halides is 2. The molecule has 2 rings (SSSR count). The van der Waals surface area contributed by atoms with E-state index in [4.69, 9.17) is 10.5 Å². The normalized spacial score (nSPS) is 21.4. The van der Waals surface area contributed by atoms with E-state index >= 15 is 0 Å². The highest BCUT2D eigenvalue weighted by atomic mass is 35.5. The summed E-state index contributed by atoms with van der Waals surface area (Å²) in [7, 11) is 0. The quantitative estimate of drug-likeness (QED) is 0.802. The second kappa shape index (κ2) is 10.0. The Morgan fingerprint density at radius 3 is 2.71 bits per heavy atom. The number of nitrogens with zero attached hydrogens (tertiary/aromatic N) is 1. The molecule has 2 atom stereocenters. The molecule has 1 heterocycles. The highest BCUT2D eigenvalue weighted by Gasteiger charge is 2.27. The standard InChI is InChI=1S/C17H26F2N2O2.ClH/c1-3-22-16-9-13(6-7-15(16)23-17(18)19)11-21-8-4-5-12(2)14(21)10-20;/h6-7,9,12,14,17H,3-5,8,10-11,20H2,1-2H3;1H. The van der Waals surface area contributed by atoms with Gasteiger partial charge in [-0.05, 0) is 49.9 Å². The zero-order valence-electron chi connectivity index (χ0n) is 14.2. The molecule has 138 valence electrons. The van der Waals surface area contributed by atoms with Gasteiger partial charge in [-0.3, -0.25) is 4.90 Å². The van der Waals surface area contributed by atoms with Gasteiger partial charge in [-0.2, -0.15) is 8.78 Å². The van der Waals surface area contributed by atoms with Gasteiger partial charge in [-0.1, -0.05) is 13.0 Å². The fourth-order valence-electron chi connectivity index (χ4n) is 3.26. The van der Waals surface area contributed by atoms with Crippen molar-refractivity contribution in [3.63, 3.8) is 0 Å². The summed E-state index contributed by atoms with van der Waals surface area (Å²) >= 11 is 0. The summed E-state index contributed by atoms with van der Waals surface area (Å²) in [5, 5.41) is 0. The first kappa shape index (κ1) is 20.9. The second-order valence-corrected chi connectivity index (χ2v) is 5.99. The van der Waals surface area contributed by atoms with Crippen LogP contribution in [-0.4, -0.2) is 37.2 Å². The van der Waals surface area contributed by atoms with Gasteiger partial charge < -0.3 is 15.2 Å². The zero-order valence-corrected chi connectivity index (χ0v) is 15.0. The van der Waals surface area contributed by atoms with E-state index < -0.39 is 6.61 Å². The van der Waals surface area contributed by atoms with Crippen molar-refractivity contribution in [1.29, 1.82) is 0 Å². The van der Waals surface area contributed by atoms with Gasteiger partial charge in [0.1, 0.15) is 0 Å². The number of nitrogens with two attached hydrogens (primary N) is 1. The number of benzene rings is 1. The van der Waals surface area contributed by atoms with Crippen LogP contribution >= 0.6 is 12.4 Å². The van der Waals surface area contributed by atoms with Gasteiger partial charge in [-0.15, -0.1) is 12.4 Å². The fourth-order valence-corrected chi connectivity index (χ4v) is 3.26. The SMILES string of the molecule is CCOc1cc(CN2CCCC(C)C2CN)ccc1OC(F)F.Cl. The summed E-state index contributed by atoms with van der Waals surface area (Å²) in [5.74, 6) is 1.01. The molecule has 7 heteroatoms. The molecule has 1 fully saturated rings. The molecule has 0 bridgehead atoms. The van der Waals surface area contributed by atoms with Crippen LogP contribution in [0.15, 0.2) is 18.2 Å². The van der Waals surface area contributed by atoms with Gasteiger partial charge in [0.25, 0.3) is 0 Å². The second-order valence-electron chi connectivity index (χ2n) is 5.99. The summed E-state index contributed by atoms with van der Waals surface area (Å²) in [4.78, 5) is 2.37. The molecule has 1 aliphatic rings. The van der Waals surface area contributed by atoms with E-state index in [-0.39, 0.29) is 18.2 Å². The Kier molecular flexibility index (Phi) is 8.73. The summed E-state index contributed by atoms with van der Waals surface area (Å²) < 4.78 is 34.9. The molecule has 0 aliphatic carbocycles. The van der Waals surface area contributed by atoms with Crippen LogP contribution in [0.25, 0.3) is 0 Å². The third-order valence-corrected chi connectivity index (χ3v) is 4.38. The molecule has 2 unspecified atom stereocenters. The molecular weight excluding hydrogens is 338 g/mol.